The average molecular weight is 579 g/mol. The Hall–Kier alpha value is -1.95. The highest BCUT2D eigenvalue weighted by atomic mass is 28.4. The van der Waals surface area contributed by atoms with Gasteiger partial charge < -0.3 is 14.0 Å². The van der Waals surface area contributed by atoms with Gasteiger partial charge >= 0.3 is 0 Å². The molecule has 0 aliphatic carbocycles. The molecule has 0 saturated carbocycles. The largest absolute Gasteiger partial charge is 0.417 e. The Labute approximate surface area is 247 Å². The molecule has 0 heterocycles. The Morgan fingerprint density at radius 1 is 0.875 bits per heavy atom. The van der Waals surface area contributed by atoms with Crippen LogP contribution >= 0.6 is 0 Å². The van der Waals surface area contributed by atoms with Gasteiger partial charge in [-0.15, -0.1) is 5.92 Å². The number of unbranched alkanes of at least 4 members (excludes halogenated alkanes) is 1. The van der Waals surface area contributed by atoms with Gasteiger partial charge in [0.05, 0.1) is 6.10 Å². The Balaban J connectivity index is 2.00. The first-order valence-corrected chi connectivity index (χ1v) is 19.8. The maximum atomic E-state index is 10.4. The van der Waals surface area contributed by atoms with E-state index in [-0.39, 0.29) is 16.2 Å². The Morgan fingerprint density at radius 2 is 1.43 bits per heavy atom. The van der Waals surface area contributed by atoms with E-state index in [1.807, 2.05) is 0 Å². The van der Waals surface area contributed by atoms with Gasteiger partial charge in [0.15, 0.2) is 8.32 Å². The van der Waals surface area contributed by atoms with Crippen molar-refractivity contribution in [2.75, 3.05) is 6.61 Å². The molecular formula is C35H54O3Si2. The predicted octanol–water partition coefficient (Wildman–Crippen LogP) is 7.84. The molecule has 1 N–H and O–H groups in total. The number of allylic oxidation sites excluding steroid dienone is 1. The number of benzene rings is 2. The lowest BCUT2D eigenvalue weighted by Gasteiger charge is -2.44. The van der Waals surface area contributed by atoms with Crippen molar-refractivity contribution in [3.05, 3.63) is 72.8 Å². The smallest absolute Gasteiger partial charge is 0.261 e. The van der Waals surface area contributed by atoms with Gasteiger partial charge in [-0.2, -0.15) is 0 Å². The summed E-state index contributed by atoms with van der Waals surface area (Å²) in [7, 11) is -4.30. The van der Waals surface area contributed by atoms with E-state index in [0.717, 1.165) is 32.3 Å². The summed E-state index contributed by atoms with van der Waals surface area (Å²) in [5.74, 6) is 6.16. The van der Waals surface area contributed by atoms with E-state index in [0.29, 0.717) is 6.42 Å². The summed E-state index contributed by atoms with van der Waals surface area (Å²) in [4.78, 5) is 0. The van der Waals surface area contributed by atoms with Crippen LogP contribution in [0, 0.1) is 11.8 Å². The van der Waals surface area contributed by atoms with E-state index in [4.69, 9.17) is 8.85 Å². The van der Waals surface area contributed by atoms with Gasteiger partial charge in [0.1, 0.15) is 6.10 Å². The number of hydrogen-bond acceptors (Lipinski definition) is 3. The van der Waals surface area contributed by atoms with Gasteiger partial charge in [0, 0.05) is 13.0 Å². The van der Waals surface area contributed by atoms with E-state index in [1.165, 1.54) is 10.4 Å². The first kappa shape index (κ1) is 34.3. The van der Waals surface area contributed by atoms with Gasteiger partial charge in [0.2, 0.25) is 0 Å². The highest BCUT2D eigenvalue weighted by Crippen LogP contribution is 2.38. The predicted molar refractivity (Wildman–Crippen MR) is 177 cm³/mol. The highest BCUT2D eigenvalue weighted by Gasteiger charge is 2.51. The van der Waals surface area contributed by atoms with Crippen LogP contribution in [0.2, 0.25) is 23.2 Å². The van der Waals surface area contributed by atoms with Gasteiger partial charge in [0.25, 0.3) is 8.32 Å². The van der Waals surface area contributed by atoms with E-state index < -0.39 is 22.7 Å². The number of aliphatic hydroxyl groups excluding tert-OH is 1. The summed E-state index contributed by atoms with van der Waals surface area (Å²) in [6.07, 6.45) is 7.68. The third kappa shape index (κ3) is 9.57. The summed E-state index contributed by atoms with van der Waals surface area (Å²) in [5, 5.41) is 13.2. The third-order valence-corrected chi connectivity index (χ3v) is 17.7. The third-order valence-electron chi connectivity index (χ3n) is 8.09. The number of rotatable bonds is 13. The topological polar surface area (TPSA) is 38.7 Å². The first-order valence-electron chi connectivity index (χ1n) is 15.0. The van der Waals surface area contributed by atoms with Crippen LogP contribution in [0.3, 0.4) is 0 Å². The van der Waals surface area contributed by atoms with Crippen LogP contribution in [0.1, 0.15) is 80.6 Å². The summed E-state index contributed by atoms with van der Waals surface area (Å²) in [6, 6.07) is 21.6. The second-order valence-electron chi connectivity index (χ2n) is 13.3. The molecule has 0 amide bonds. The van der Waals surface area contributed by atoms with Crippen LogP contribution in [0.25, 0.3) is 0 Å². The van der Waals surface area contributed by atoms with Crippen molar-refractivity contribution in [1.29, 1.82) is 0 Å². The molecule has 0 aliphatic heterocycles. The zero-order valence-corrected chi connectivity index (χ0v) is 28.6. The molecule has 2 aromatic carbocycles. The highest BCUT2D eigenvalue weighted by molar-refractivity contribution is 6.99. The minimum absolute atomic E-state index is 0.00423. The zero-order valence-electron chi connectivity index (χ0n) is 26.6. The van der Waals surface area contributed by atoms with Crippen LogP contribution < -0.4 is 10.4 Å². The van der Waals surface area contributed by atoms with Gasteiger partial charge in [-0.1, -0.05) is 127 Å². The molecule has 0 saturated heterocycles. The van der Waals surface area contributed by atoms with E-state index >= 15 is 0 Å². The van der Waals surface area contributed by atoms with E-state index in [9.17, 15) is 5.11 Å². The lowest BCUT2D eigenvalue weighted by atomic mass is 10.1. The maximum absolute atomic E-state index is 10.4. The van der Waals surface area contributed by atoms with Crippen molar-refractivity contribution in [1.82, 2.24) is 0 Å². The molecule has 0 aromatic heterocycles. The van der Waals surface area contributed by atoms with Gasteiger partial charge in [-0.05, 0) is 59.2 Å². The van der Waals surface area contributed by atoms with Gasteiger partial charge in [-0.25, -0.2) is 0 Å². The van der Waals surface area contributed by atoms with Gasteiger partial charge in [-0.3, -0.25) is 0 Å². The molecule has 1 unspecified atom stereocenters. The van der Waals surface area contributed by atoms with Crippen LogP contribution in [-0.4, -0.2) is 40.6 Å². The molecule has 3 nitrogen and oxygen atoms in total. The molecule has 0 fully saturated rings. The molecular weight excluding hydrogens is 525 g/mol. The minimum atomic E-state index is -2.60. The summed E-state index contributed by atoms with van der Waals surface area (Å²) in [6.45, 7) is 21.2. The van der Waals surface area contributed by atoms with Crippen molar-refractivity contribution in [2.24, 2.45) is 0 Å². The van der Waals surface area contributed by atoms with Crippen molar-refractivity contribution < 1.29 is 14.0 Å². The molecule has 2 atom stereocenters. The Morgan fingerprint density at radius 3 is 1.90 bits per heavy atom. The lowest BCUT2D eigenvalue weighted by molar-refractivity contribution is 0.220. The molecule has 220 valence electrons. The monoisotopic (exact) mass is 578 g/mol. The zero-order chi connectivity index (χ0) is 29.9. The Bertz CT molecular complexity index is 1050. The van der Waals surface area contributed by atoms with Crippen LogP contribution in [0.5, 0.6) is 0 Å². The first-order chi connectivity index (χ1) is 18.7. The normalized spacial score (nSPS) is 14.6. The van der Waals surface area contributed by atoms with Crippen LogP contribution in [-0.2, 0) is 8.85 Å². The fourth-order valence-electron chi connectivity index (χ4n) is 4.65. The van der Waals surface area contributed by atoms with E-state index in [1.54, 1.807) is 0 Å². The molecule has 0 aliphatic rings. The van der Waals surface area contributed by atoms with Crippen molar-refractivity contribution in [3.8, 4) is 11.8 Å². The van der Waals surface area contributed by atoms with Crippen molar-refractivity contribution in [2.45, 2.75) is 116 Å². The fourth-order valence-corrected chi connectivity index (χ4v) is 10.4. The molecule has 2 aromatic rings. The molecule has 40 heavy (non-hydrogen) atoms. The molecule has 2 rings (SSSR count). The quantitative estimate of drug-likeness (QED) is 0.114. The number of aliphatic hydroxyl groups is 1. The lowest BCUT2D eigenvalue weighted by Crippen LogP contribution is -2.67. The second kappa shape index (κ2) is 15.3. The standard InChI is InChI=1S/C35H54O3Si2/c1-10-31(24-20-19-23-30(36)22-14-13-21-29-37-39(8,9)34(2,3)4)38-40(35(5,6)7,32-25-15-11-16-26-32)33-27-17-12-18-28-33/h11-12,15-18,20,24-28,30-31,36H,10,13,19,21,23,29H2,1-9H3/b24-20-/t30?,31-/m0/s1. The summed E-state index contributed by atoms with van der Waals surface area (Å²) >= 11 is 0. The number of hydrogen-bond donors (Lipinski definition) is 1. The van der Waals surface area contributed by atoms with E-state index in [2.05, 4.69) is 146 Å². The minimum Gasteiger partial charge on any atom is -0.417 e. The van der Waals surface area contributed by atoms with Crippen LogP contribution in [0.4, 0.5) is 0 Å². The summed E-state index contributed by atoms with van der Waals surface area (Å²) < 4.78 is 13.4. The molecule has 5 heteroatoms. The Kier molecular flexibility index (Phi) is 13.1. The average Bonchev–Trinajstić information content (AvgIpc) is 2.90. The molecule has 0 bridgehead atoms. The molecule has 0 radical (unpaired) electrons. The summed E-state index contributed by atoms with van der Waals surface area (Å²) in [5.41, 5.74) is 0. The fraction of sp³-hybridized carbons (Fsp3) is 0.543. The van der Waals surface area contributed by atoms with Crippen molar-refractivity contribution in [3.63, 3.8) is 0 Å². The molecule has 0 spiro atoms. The van der Waals surface area contributed by atoms with Crippen molar-refractivity contribution >= 4 is 27.0 Å². The SMILES string of the molecule is CC[C@@H](/C=C\CCC(O)C#CCCCO[Si](C)(C)C(C)(C)C)O[Si](c1ccccc1)(c1ccccc1)C(C)(C)C. The second-order valence-corrected chi connectivity index (χ2v) is 22.3. The maximum Gasteiger partial charge on any atom is 0.261 e. The van der Waals surface area contributed by atoms with Crippen LogP contribution in [0.15, 0.2) is 72.8 Å².